The third-order valence-corrected chi connectivity index (χ3v) is 5.69. The van der Waals surface area contributed by atoms with Crippen LogP contribution in [0.4, 0.5) is 0 Å². The Morgan fingerprint density at radius 3 is 1.85 bits per heavy atom. The summed E-state index contributed by atoms with van der Waals surface area (Å²) in [5, 5.41) is 9.60. The van der Waals surface area contributed by atoms with Gasteiger partial charge in [-0.3, -0.25) is 13.9 Å². The number of nitriles is 1. The Hall–Kier alpha value is -4.11. The fourth-order valence-electron chi connectivity index (χ4n) is 4.04. The molecule has 6 nitrogen and oxygen atoms in total. The quantitative estimate of drug-likeness (QED) is 0.519. The lowest BCUT2D eigenvalue weighted by Gasteiger charge is -2.13. The number of hydrogen-bond donors (Lipinski definition) is 0. The average Bonchev–Trinajstić information content (AvgIpc) is 2.96. The zero-order valence-electron chi connectivity index (χ0n) is 18.4. The first-order valence-corrected chi connectivity index (χ1v) is 11.0. The number of esters is 1. The van der Waals surface area contributed by atoms with Gasteiger partial charge in [0.15, 0.2) is 5.92 Å². The minimum absolute atomic E-state index is 0.109. The van der Waals surface area contributed by atoms with E-state index in [9.17, 15) is 14.9 Å². The van der Waals surface area contributed by atoms with Gasteiger partial charge >= 0.3 is 11.7 Å². The number of fused-ring (bicyclic) bond motifs is 1. The van der Waals surface area contributed by atoms with Crippen LogP contribution in [0.15, 0.2) is 77.6 Å². The average molecular weight is 440 g/mol. The number of nitrogens with zero attached hydrogens (tertiary/aromatic N) is 3. The third-order valence-electron chi connectivity index (χ3n) is 5.69. The number of carbonyl (C=O) groups is 1. The minimum atomic E-state index is -0.946. The predicted octanol–water partition coefficient (Wildman–Crippen LogP) is 4.11. The lowest BCUT2D eigenvalue weighted by Crippen LogP contribution is -2.26. The van der Waals surface area contributed by atoms with Crippen LogP contribution in [0, 0.1) is 23.2 Å². The topological polar surface area (TPSA) is 77.0 Å². The van der Waals surface area contributed by atoms with E-state index in [0.717, 1.165) is 22.5 Å². The summed E-state index contributed by atoms with van der Waals surface area (Å²) in [4.78, 5) is 25.8. The van der Waals surface area contributed by atoms with Crippen molar-refractivity contribution in [2.75, 3.05) is 6.61 Å². The minimum Gasteiger partial charge on any atom is -0.465 e. The highest BCUT2D eigenvalue weighted by Crippen LogP contribution is 2.26. The number of benzene rings is 2. The van der Waals surface area contributed by atoms with Gasteiger partial charge in [0.2, 0.25) is 0 Å². The fraction of sp³-hybridized carbons (Fsp3) is 0.222. The van der Waals surface area contributed by atoms with Crippen molar-refractivity contribution in [1.82, 2.24) is 9.13 Å². The van der Waals surface area contributed by atoms with Crippen molar-refractivity contribution in [3.63, 3.8) is 0 Å². The summed E-state index contributed by atoms with van der Waals surface area (Å²) in [5.41, 5.74) is 3.42. The van der Waals surface area contributed by atoms with E-state index in [1.807, 2.05) is 72.8 Å². The highest BCUT2D eigenvalue weighted by Gasteiger charge is 2.28. The van der Waals surface area contributed by atoms with E-state index in [1.165, 1.54) is 0 Å². The third kappa shape index (κ3) is 4.73. The Morgan fingerprint density at radius 2 is 1.42 bits per heavy atom. The smallest absolute Gasteiger partial charge is 0.329 e. The van der Waals surface area contributed by atoms with Crippen molar-refractivity contribution < 1.29 is 9.53 Å². The normalized spacial score (nSPS) is 13.7. The Balaban J connectivity index is 1.78. The molecule has 1 aliphatic rings. The Kier molecular flexibility index (Phi) is 6.70. The molecule has 0 aliphatic heterocycles. The second-order valence-electron chi connectivity index (χ2n) is 7.85. The van der Waals surface area contributed by atoms with Crippen LogP contribution >= 0.6 is 0 Å². The van der Waals surface area contributed by atoms with Crippen LogP contribution in [-0.2, 0) is 22.6 Å². The Labute approximate surface area is 192 Å². The summed E-state index contributed by atoms with van der Waals surface area (Å²) in [7, 11) is 0. The van der Waals surface area contributed by atoms with Crippen LogP contribution in [0.25, 0.3) is 12.2 Å². The molecular weight excluding hydrogens is 414 g/mol. The van der Waals surface area contributed by atoms with Crippen molar-refractivity contribution in [2.24, 2.45) is 11.8 Å². The molecule has 0 saturated carbocycles. The molecule has 0 fully saturated rings. The molecule has 4 rings (SSSR count). The largest absolute Gasteiger partial charge is 0.465 e. The summed E-state index contributed by atoms with van der Waals surface area (Å²) < 4.78 is 8.56. The first-order valence-electron chi connectivity index (χ1n) is 11.0. The lowest BCUT2D eigenvalue weighted by molar-refractivity contribution is -0.146. The highest BCUT2D eigenvalue weighted by atomic mass is 16.5. The van der Waals surface area contributed by atoms with E-state index < -0.39 is 17.8 Å². The molecule has 33 heavy (non-hydrogen) atoms. The van der Waals surface area contributed by atoms with Crippen molar-refractivity contribution in [3.05, 3.63) is 106 Å². The molecule has 1 unspecified atom stereocenters. The standard InChI is InChI=1S/C27H25N3O3/c1-2-33-26(31)23(17-28)22-13-15-24-25(16-14-22)30(19-21-11-7-4-8-12-21)27(32)29(24)18-20-9-5-3-6-10-20/h3-16,22-23H,2,18-19H2,1H3. The number of imidazole rings is 1. The summed E-state index contributed by atoms with van der Waals surface area (Å²) in [6.07, 6.45) is 7.30. The molecule has 0 spiro atoms. The van der Waals surface area contributed by atoms with E-state index in [4.69, 9.17) is 4.74 Å². The monoisotopic (exact) mass is 439 g/mol. The van der Waals surface area contributed by atoms with Crippen molar-refractivity contribution >= 4 is 18.1 Å². The van der Waals surface area contributed by atoms with Gasteiger partial charge in [-0.05, 0) is 30.2 Å². The van der Waals surface area contributed by atoms with Crippen molar-refractivity contribution in [2.45, 2.75) is 20.0 Å². The first-order chi connectivity index (χ1) is 16.1. The first kappa shape index (κ1) is 22.1. The lowest BCUT2D eigenvalue weighted by atomic mass is 9.93. The summed E-state index contributed by atoms with van der Waals surface area (Å²) in [6, 6.07) is 21.7. The molecule has 1 aromatic heterocycles. The molecule has 0 bridgehead atoms. The molecule has 6 heteroatoms. The highest BCUT2D eigenvalue weighted by molar-refractivity contribution is 5.77. The van der Waals surface area contributed by atoms with Crippen molar-refractivity contribution in [1.29, 1.82) is 5.26 Å². The van der Waals surface area contributed by atoms with Crippen LogP contribution in [0.2, 0.25) is 0 Å². The molecule has 3 aromatic rings. The van der Waals surface area contributed by atoms with Gasteiger partial charge in [-0.1, -0.05) is 72.8 Å². The van der Waals surface area contributed by atoms with Gasteiger partial charge < -0.3 is 4.74 Å². The van der Waals surface area contributed by atoms with Crippen LogP contribution < -0.4 is 5.69 Å². The van der Waals surface area contributed by atoms with Gasteiger partial charge in [0.25, 0.3) is 0 Å². The van der Waals surface area contributed by atoms with E-state index in [1.54, 1.807) is 28.2 Å². The van der Waals surface area contributed by atoms with E-state index in [2.05, 4.69) is 6.07 Å². The number of ether oxygens (including phenoxy) is 1. The number of aromatic nitrogens is 2. The van der Waals surface area contributed by atoms with Gasteiger partial charge in [-0.25, -0.2) is 4.79 Å². The number of allylic oxidation sites excluding steroid dienone is 2. The summed E-state index contributed by atoms with van der Waals surface area (Å²) in [6.45, 7) is 2.78. The van der Waals surface area contributed by atoms with Gasteiger partial charge in [-0.15, -0.1) is 0 Å². The summed E-state index contributed by atoms with van der Waals surface area (Å²) in [5.74, 6) is -1.94. The van der Waals surface area contributed by atoms with E-state index >= 15 is 0 Å². The fourth-order valence-corrected chi connectivity index (χ4v) is 4.04. The number of hydrogen-bond acceptors (Lipinski definition) is 4. The van der Waals surface area contributed by atoms with Crippen LogP contribution in [0.3, 0.4) is 0 Å². The van der Waals surface area contributed by atoms with Gasteiger partial charge in [-0.2, -0.15) is 5.26 Å². The molecule has 2 aromatic carbocycles. The number of carbonyl (C=O) groups excluding carboxylic acids is 1. The zero-order chi connectivity index (χ0) is 23.2. The van der Waals surface area contributed by atoms with Crippen LogP contribution in [0.5, 0.6) is 0 Å². The maximum absolute atomic E-state index is 13.5. The van der Waals surface area contributed by atoms with Crippen molar-refractivity contribution in [3.8, 4) is 6.07 Å². The SMILES string of the molecule is CCOC(=O)C(C#N)C1C=Cc2c(n(Cc3ccccc3)c(=O)n2Cc2ccccc2)C=C1. The van der Waals surface area contributed by atoms with E-state index in [0.29, 0.717) is 13.1 Å². The molecule has 1 atom stereocenters. The van der Waals surface area contributed by atoms with Crippen LogP contribution in [0.1, 0.15) is 29.4 Å². The van der Waals surface area contributed by atoms with Crippen LogP contribution in [-0.4, -0.2) is 21.7 Å². The van der Waals surface area contributed by atoms with E-state index in [-0.39, 0.29) is 12.3 Å². The van der Waals surface area contributed by atoms with Gasteiger partial charge in [0, 0.05) is 5.92 Å². The van der Waals surface area contributed by atoms with Gasteiger partial charge in [0.05, 0.1) is 37.2 Å². The Bertz CT molecular complexity index is 1200. The summed E-state index contributed by atoms with van der Waals surface area (Å²) >= 11 is 0. The predicted molar refractivity (Wildman–Crippen MR) is 127 cm³/mol. The molecule has 0 amide bonds. The molecule has 0 radical (unpaired) electrons. The molecule has 1 aliphatic carbocycles. The maximum Gasteiger partial charge on any atom is 0.329 e. The molecule has 166 valence electrons. The zero-order valence-corrected chi connectivity index (χ0v) is 18.4. The molecule has 0 saturated heterocycles. The maximum atomic E-state index is 13.5. The van der Waals surface area contributed by atoms with Gasteiger partial charge in [0.1, 0.15) is 0 Å². The Morgan fingerprint density at radius 1 is 0.939 bits per heavy atom. The number of rotatable bonds is 7. The molecule has 1 heterocycles. The molecular formula is C27H25N3O3. The second kappa shape index (κ2) is 10.0. The second-order valence-corrected chi connectivity index (χ2v) is 7.85. The molecule has 0 N–H and O–H groups in total.